The second-order valence-corrected chi connectivity index (χ2v) is 6.34. The minimum Gasteiger partial charge on any atom is -0.472 e. The largest absolute Gasteiger partial charge is 0.472 e. The molecule has 2 aromatic rings. The van der Waals surface area contributed by atoms with Crippen LogP contribution in [0, 0.1) is 6.92 Å². The van der Waals surface area contributed by atoms with E-state index in [9.17, 15) is 9.59 Å². The first kappa shape index (κ1) is 18.7. The van der Waals surface area contributed by atoms with Crippen LogP contribution in [0.4, 0.5) is 0 Å². The lowest BCUT2D eigenvalue weighted by atomic mass is 10.0. The highest BCUT2D eigenvalue weighted by atomic mass is 16.3. The fourth-order valence-corrected chi connectivity index (χ4v) is 2.48. The van der Waals surface area contributed by atoms with E-state index in [0.29, 0.717) is 12.1 Å². The molecule has 2 N–H and O–H groups in total. The molecular formula is C19H25N3O3. The fraction of sp³-hybridized carbons (Fsp3) is 0.368. The molecule has 25 heavy (non-hydrogen) atoms. The van der Waals surface area contributed by atoms with Gasteiger partial charge < -0.3 is 20.0 Å². The van der Waals surface area contributed by atoms with Gasteiger partial charge in [0.05, 0.1) is 17.9 Å². The Morgan fingerprint density at radius 2 is 1.84 bits per heavy atom. The number of likely N-dealkylation sites (N-methyl/N-ethyl adjacent to an activating group) is 1. The van der Waals surface area contributed by atoms with Gasteiger partial charge in [0.1, 0.15) is 12.3 Å². The molecule has 6 nitrogen and oxygen atoms in total. The number of carbonyl (C=O) groups is 2. The van der Waals surface area contributed by atoms with Crippen LogP contribution in [0.2, 0.25) is 0 Å². The maximum absolute atomic E-state index is 12.3. The summed E-state index contributed by atoms with van der Waals surface area (Å²) in [5.74, 6) is -0.560. The van der Waals surface area contributed by atoms with Gasteiger partial charge in [-0.3, -0.25) is 9.59 Å². The number of rotatable bonds is 7. The number of benzene rings is 1. The van der Waals surface area contributed by atoms with Crippen molar-refractivity contribution < 1.29 is 14.0 Å². The Bertz CT molecular complexity index is 693. The third-order valence-electron chi connectivity index (χ3n) is 4.08. The van der Waals surface area contributed by atoms with Crippen molar-refractivity contribution in [2.75, 3.05) is 20.6 Å². The Labute approximate surface area is 148 Å². The van der Waals surface area contributed by atoms with E-state index in [1.54, 1.807) is 13.0 Å². The first-order chi connectivity index (χ1) is 11.9. The summed E-state index contributed by atoms with van der Waals surface area (Å²) >= 11 is 0. The Hall–Kier alpha value is -2.60. The zero-order valence-corrected chi connectivity index (χ0v) is 15.1. The topological polar surface area (TPSA) is 74.6 Å². The van der Waals surface area contributed by atoms with Gasteiger partial charge in [-0.2, -0.15) is 0 Å². The van der Waals surface area contributed by atoms with E-state index >= 15 is 0 Å². The highest BCUT2D eigenvalue weighted by Gasteiger charge is 2.20. The molecule has 0 aliphatic heterocycles. The molecule has 0 bridgehead atoms. The van der Waals surface area contributed by atoms with Crippen LogP contribution < -0.4 is 10.6 Å². The Kier molecular flexibility index (Phi) is 6.36. The van der Waals surface area contributed by atoms with E-state index in [1.807, 2.05) is 21.0 Å². The van der Waals surface area contributed by atoms with Crippen molar-refractivity contribution in [1.82, 2.24) is 15.5 Å². The summed E-state index contributed by atoms with van der Waals surface area (Å²) in [4.78, 5) is 26.3. The maximum Gasteiger partial charge on any atom is 0.255 e. The molecule has 0 aliphatic rings. The second-order valence-electron chi connectivity index (χ2n) is 6.34. The molecule has 2 rings (SSSR count). The summed E-state index contributed by atoms with van der Waals surface area (Å²) in [5, 5.41) is 5.57. The van der Waals surface area contributed by atoms with E-state index in [-0.39, 0.29) is 17.9 Å². The summed E-state index contributed by atoms with van der Waals surface area (Å²) < 4.78 is 4.87. The Morgan fingerprint density at radius 3 is 2.40 bits per heavy atom. The van der Waals surface area contributed by atoms with E-state index in [1.165, 1.54) is 18.1 Å². The van der Waals surface area contributed by atoms with Crippen LogP contribution in [0.15, 0.2) is 47.3 Å². The molecule has 0 aliphatic carbocycles. The van der Waals surface area contributed by atoms with Gasteiger partial charge in [-0.05, 0) is 39.6 Å². The summed E-state index contributed by atoms with van der Waals surface area (Å²) in [7, 11) is 3.95. The summed E-state index contributed by atoms with van der Waals surface area (Å²) in [6.07, 6.45) is 2.77. The lowest BCUT2D eigenvalue weighted by molar-refractivity contribution is -0.122. The third kappa shape index (κ3) is 5.19. The third-order valence-corrected chi connectivity index (χ3v) is 4.08. The SMILES string of the molecule is Cc1ccc([C@H](CNC(=O)[C@H](C)NC(=O)c2ccoc2)N(C)C)cc1. The van der Waals surface area contributed by atoms with Crippen LogP contribution >= 0.6 is 0 Å². The molecule has 0 spiro atoms. The fourth-order valence-electron chi connectivity index (χ4n) is 2.48. The van der Waals surface area contributed by atoms with Crippen molar-refractivity contribution >= 4 is 11.8 Å². The van der Waals surface area contributed by atoms with Gasteiger partial charge in [0.25, 0.3) is 5.91 Å². The molecule has 0 saturated carbocycles. The van der Waals surface area contributed by atoms with Crippen LogP contribution in [-0.4, -0.2) is 43.4 Å². The Balaban J connectivity index is 1.92. The zero-order chi connectivity index (χ0) is 18.4. The average Bonchev–Trinajstić information content (AvgIpc) is 3.10. The number of carbonyl (C=O) groups excluding carboxylic acids is 2. The molecule has 6 heteroatoms. The van der Waals surface area contributed by atoms with Gasteiger partial charge in [-0.15, -0.1) is 0 Å². The Morgan fingerprint density at radius 1 is 1.16 bits per heavy atom. The van der Waals surface area contributed by atoms with Crippen molar-refractivity contribution in [3.05, 3.63) is 59.5 Å². The molecule has 0 fully saturated rings. The van der Waals surface area contributed by atoms with E-state index in [2.05, 4.69) is 39.8 Å². The number of nitrogens with one attached hydrogen (secondary N) is 2. The number of furan rings is 1. The number of hydrogen-bond acceptors (Lipinski definition) is 4. The predicted octanol–water partition coefficient (Wildman–Crippen LogP) is 2.13. The molecular weight excluding hydrogens is 318 g/mol. The molecule has 0 saturated heterocycles. The van der Waals surface area contributed by atoms with Gasteiger partial charge in [0.15, 0.2) is 0 Å². The van der Waals surface area contributed by atoms with E-state index in [0.717, 1.165) is 5.56 Å². The maximum atomic E-state index is 12.3. The van der Waals surface area contributed by atoms with E-state index < -0.39 is 6.04 Å². The number of hydrogen-bond donors (Lipinski definition) is 2. The minimum absolute atomic E-state index is 0.0568. The quantitative estimate of drug-likeness (QED) is 0.808. The average molecular weight is 343 g/mol. The number of amides is 2. The summed E-state index contributed by atoms with van der Waals surface area (Å²) in [6, 6.07) is 9.22. The number of aryl methyl sites for hydroxylation is 1. The summed E-state index contributed by atoms with van der Waals surface area (Å²) in [6.45, 7) is 4.16. The van der Waals surface area contributed by atoms with Gasteiger partial charge in [0, 0.05) is 6.54 Å². The van der Waals surface area contributed by atoms with Crippen LogP contribution in [0.25, 0.3) is 0 Å². The highest BCUT2D eigenvalue weighted by molar-refractivity contribution is 5.97. The van der Waals surface area contributed by atoms with Crippen molar-refractivity contribution in [3.8, 4) is 0 Å². The molecule has 134 valence electrons. The van der Waals surface area contributed by atoms with Crippen LogP contribution in [-0.2, 0) is 4.79 Å². The van der Waals surface area contributed by atoms with Crippen molar-refractivity contribution in [2.24, 2.45) is 0 Å². The van der Waals surface area contributed by atoms with Gasteiger partial charge >= 0.3 is 0 Å². The first-order valence-corrected chi connectivity index (χ1v) is 8.22. The van der Waals surface area contributed by atoms with Crippen molar-refractivity contribution in [1.29, 1.82) is 0 Å². The zero-order valence-electron chi connectivity index (χ0n) is 15.1. The van der Waals surface area contributed by atoms with Gasteiger partial charge in [-0.25, -0.2) is 0 Å². The molecule has 1 aromatic heterocycles. The standard InChI is InChI=1S/C19H25N3O3/c1-13-5-7-15(8-6-13)17(22(3)4)11-20-18(23)14(2)21-19(24)16-9-10-25-12-16/h5-10,12,14,17H,11H2,1-4H3,(H,20,23)(H,21,24)/t14-,17-/m0/s1. The summed E-state index contributed by atoms with van der Waals surface area (Å²) in [5.41, 5.74) is 2.72. The monoisotopic (exact) mass is 343 g/mol. The lowest BCUT2D eigenvalue weighted by Gasteiger charge is -2.26. The molecule has 1 heterocycles. The molecule has 2 amide bonds. The van der Waals surface area contributed by atoms with Crippen LogP contribution in [0.5, 0.6) is 0 Å². The molecule has 1 aromatic carbocycles. The minimum atomic E-state index is -0.636. The smallest absolute Gasteiger partial charge is 0.255 e. The second kappa shape index (κ2) is 8.48. The normalized spacial score (nSPS) is 13.3. The molecule has 2 atom stereocenters. The van der Waals surface area contributed by atoms with E-state index in [4.69, 9.17) is 4.42 Å². The van der Waals surface area contributed by atoms with Crippen LogP contribution in [0.3, 0.4) is 0 Å². The first-order valence-electron chi connectivity index (χ1n) is 8.22. The van der Waals surface area contributed by atoms with Gasteiger partial charge in [-0.1, -0.05) is 29.8 Å². The van der Waals surface area contributed by atoms with Gasteiger partial charge in [0.2, 0.25) is 5.91 Å². The molecule has 0 unspecified atom stereocenters. The molecule has 0 radical (unpaired) electrons. The highest BCUT2D eigenvalue weighted by Crippen LogP contribution is 2.17. The van der Waals surface area contributed by atoms with Crippen molar-refractivity contribution in [2.45, 2.75) is 25.9 Å². The van der Waals surface area contributed by atoms with Crippen molar-refractivity contribution in [3.63, 3.8) is 0 Å². The lowest BCUT2D eigenvalue weighted by Crippen LogP contribution is -2.46. The van der Waals surface area contributed by atoms with Crippen LogP contribution in [0.1, 0.15) is 34.5 Å². The predicted molar refractivity (Wildman–Crippen MR) is 96.3 cm³/mol. The number of nitrogens with zero attached hydrogens (tertiary/aromatic N) is 1.